The third kappa shape index (κ3) is 2.61. The number of aromatic nitrogens is 2. The highest BCUT2D eigenvalue weighted by molar-refractivity contribution is 5.86. The number of anilines is 1. The third-order valence-corrected chi connectivity index (χ3v) is 2.77. The third-order valence-electron chi connectivity index (χ3n) is 2.77. The van der Waals surface area contributed by atoms with E-state index in [1.165, 1.54) is 6.07 Å². The summed E-state index contributed by atoms with van der Waals surface area (Å²) in [6.07, 6.45) is 4.90. The smallest absolute Gasteiger partial charge is 0.148 e. The standard InChI is InChI=1S/C15H11FN4/c16-12-3-1-2-4-13(12)20-19-10-11-5-6-14-15(9-11)18-8-7-17-14/h1-10,20H. The number of halogens is 1. The zero-order valence-corrected chi connectivity index (χ0v) is 10.5. The van der Waals surface area contributed by atoms with Crippen LogP contribution >= 0.6 is 0 Å². The van der Waals surface area contributed by atoms with Crippen molar-refractivity contribution in [3.63, 3.8) is 0 Å². The van der Waals surface area contributed by atoms with Gasteiger partial charge < -0.3 is 0 Å². The number of para-hydroxylation sites is 1. The van der Waals surface area contributed by atoms with Crippen LogP contribution in [0.1, 0.15) is 5.56 Å². The fraction of sp³-hybridized carbons (Fsp3) is 0. The molecule has 0 atom stereocenters. The summed E-state index contributed by atoms with van der Waals surface area (Å²) < 4.78 is 13.4. The molecule has 0 aliphatic rings. The van der Waals surface area contributed by atoms with E-state index in [2.05, 4.69) is 20.5 Å². The van der Waals surface area contributed by atoms with Crippen molar-refractivity contribution in [1.29, 1.82) is 0 Å². The van der Waals surface area contributed by atoms with Gasteiger partial charge in [0.1, 0.15) is 5.82 Å². The number of benzene rings is 2. The summed E-state index contributed by atoms with van der Waals surface area (Å²) in [6.45, 7) is 0. The molecule has 0 aliphatic heterocycles. The van der Waals surface area contributed by atoms with Crippen molar-refractivity contribution in [2.24, 2.45) is 5.10 Å². The summed E-state index contributed by atoms with van der Waals surface area (Å²) in [4.78, 5) is 8.41. The number of nitrogens with zero attached hydrogens (tertiary/aromatic N) is 3. The molecule has 0 saturated carbocycles. The number of nitrogens with one attached hydrogen (secondary N) is 1. The second kappa shape index (κ2) is 5.44. The molecule has 0 unspecified atom stereocenters. The highest BCUT2D eigenvalue weighted by atomic mass is 19.1. The van der Waals surface area contributed by atoms with Crippen molar-refractivity contribution >= 4 is 22.9 Å². The molecule has 98 valence electrons. The van der Waals surface area contributed by atoms with Crippen molar-refractivity contribution in [2.45, 2.75) is 0 Å². The Kier molecular flexibility index (Phi) is 3.33. The summed E-state index contributed by atoms with van der Waals surface area (Å²) in [5.41, 5.74) is 5.49. The fourth-order valence-corrected chi connectivity index (χ4v) is 1.79. The van der Waals surface area contributed by atoms with Crippen LogP contribution in [-0.2, 0) is 0 Å². The Morgan fingerprint density at radius 3 is 2.65 bits per heavy atom. The first kappa shape index (κ1) is 12.2. The first-order valence-corrected chi connectivity index (χ1v) is 6.07. The van der Waals surface area contributed by atoms with E-state index in [0.29, 0.717) is 5.69 Å². The van der Waals surface area contributed by atoms with Crippen molar-refractivity contribution in [1.82, 2.24) is 9.97 Å². The van der Waals surface area contributed by atoms with Crippen LogP contribution in [0.3, 0.4) is 0 Å². The van der Waals surface area contributed by atoms with E-state index in [1.807, 2.05) is 18.2 Å². The first-order valence-electron chi connectivity index (χ1n) is 6.07. The van der Waals surface area contributed by atoms with E-state index >= 15 is 0 Å². The van der Waals surface area contributed by atoms with Crippen LogP contribution in [0.5, 0.6) is 0 Å². The van der Waals surface area contributed by atoms with Crippen molar-refractivity contribution in [2.75, 3.05) is 5.43 Å². The van der Waals surface area contributed by atoms with Gasteiger partial charge in [0.25, 0.3) is 0 Å². The Balaban J connectivity index is 1.79. The maximum atomic E-state index is 13.4. The highest BCUT2D eigenvalue weighted by Crippen LogP contribution is 2.12. The first-order chi connectivity index (χ1) is 9.83. The molecule has 1 aromatic heterocycles. The average molecular weight is 266 g/mol. The Bertz CT molecular complexity index is 770. The molecule has 1 N–H and O–H groups in total. The molecular weight excluding hydrogens is 255 g/mol. The normalized spacial score (nSPS) is 11.1. The van der Waals surface area contributed by atoms with E-state index in [9.17, 15) is 4.39 Å². The fourth-order valence-electron chi connectivity index (χ4n) is 1.79. The van der Waals surface area contributed by atoms with Crippen molar-refractivity contribution < 1.29 is 4.39 Å². The molecule has 1 heterocycles. The molecule has 0 saturated heterocycles. The maximum absolute atomic E-state index is 13.4. The van der Waals surface area contributed by atoms with Gasteiger partial charge in [-0.2, -0.15) is 5.10 Å². The number of hydrogen-bond acceptors (Lipinski definition) is 4. The molecule has 20 heavy (non-hydrogen) atoms. The maximum Gasteiger partial charge on any atom is 0.148 e. The van der Waals surface area contributed by atoms with Gasteiger partial charge in [-0.1, -0.05) is 18.2 Å². The summed E-state index contributed by atoms with van der Waals surface area (Å²) in [7, 11) is 0. The lowest BCUT2D eigenvalue weighted by Gasteiger charge is -2.01. The number of hydrazone groups is 1. The lowest BCUT2D eigenvalue weighted by atomic mass is 10.2. The van der Waals surface area contributed by atoms with Gasteiger partial charge in [0, 0.05) is 12.4 Å². The van der Waals surface area contributed by atoms with Gasteiger partial charge in [0.2, 0.25) is 0 Å². The van der Waals surface area contributed by atoms with Gasteiger partial charge in [-0.25, -0.2) is 4.39 Å². The van der Waals surface area contributed by atoms with Crippen molar-refractivity contribution in [3.8, 4) is 0 Å². The minimum atomic E-state index is -0.339. The monoisotopic (exact) mass is 266 g/mol. The topological polar surface area (TPSA) is 50.2 Å². The molecular formula is C15H11FN4. The molecule has 5 heteroatoms. The van der Waals surface area contributed by atoms with Gasteiger partial charge in [0.05, 0.1) is 22.9 Å². The molecule has 0 radical (unpaired) electrons. The molecule has 0 spiro atoms. The van der Waals surface area contributed by atoms with Crippen LogP contribution in [-0.4, -0.2) is 16.2 Å². The zero-order valence-electron chi connectivity index (χ0n) is 10.5. The van der Waals surface area contributed by atoms with Crippen LogP contribution < -0.4 is 5.43 Å². The quantitative estimate of drug-likeness (QED) is 0.585. The zero-order chi connectivity index (χ0) is 13.8. The van der Waals surface area contributed by atoms with Gasteiger partial charge in [-0.05, 0) is 29.8 Å². The van der Waals surface area contributed by atoms with E-state index in [1.54, 1.807) is 36.8 Å². The van der Waals surface area contributed by atoms with Gasteiger partial charge in [-0.3, -0.25) is 15.4 Å². The molecule has 3 rings (SSSR count). The van der Waals surface area contributed by atoms with E-state index < -0.39 is 0 Å². The average Bonchev–Trinajstić information content (AvgIpc) is 2.49. The summed E-state index contributed by atoms with van der Waals surface area (Å²) in [5, 5.41) is 4.02. The van der Waals surface area contributed by atoms with Crippen LogP contribution in [0.15, 0.2) is 60.0 Å². The Morgan fingerprint density at radius 1 is 1.00 bits per heavy atom. The molecule has 0 amide bonds. The Morgan fingerprint density at radius 2 is 1.80 bits per heavy atom. The molecule has 0 aliphatic carbocycles. The Hall–Kier alpha value is -2.82. The van der Waals surface area contributed by atoms with Crippen LogP contribution in [0.25, 0.3) is 11.0 Å². The largest absolute Gasteiger partial charge is 0.276 e. The van der Waals surface area contributed by atoms with Crippen LogP contribution in [0, 0.1) is 5.82 Å². The van der Waals surface area contributed by atoms with E-state index in [0.717, 1.165) is 16.6 Å². The minimum Gasteiger partial charge on any atom is -0.276 e. The molecule has 0 bridgehead atoms. The summed E-state index contributed by atoms with van der Waals surface area (Å²) in [6, 6.07) is 12.0. The van der Waals surface area contributed by atoms with E-state index in [4.69, 9.17) is 0 Å². The minimum absolute atomic E-state index is 0.337. The van der Waals surface area contributed by atoms with Crippen molar-refractivity contribution in [3.05, 3.63) is 66.2 Å². The summed E-state index contributed by atoms with van der Waals surface area (Å²) in [5.74, 6) is -0.339. The second-order valence-electron chi connectivity index (χ2n) is 4.15. The SMILES string of the molecule is Fc1ccccc1NN=Cc1ccc2nccnc2c1. The van der Waals surface area contributed by atoms with Gasteiger partial charge in [0.15, 0.2) is 0 Å². The van der Waals surface area contributed by atoms with Crippen LogP contribution in [0.4, 0.5) is 10.1 Å². The lowest BCUT2D eigenvalue weighted by Crippen LogP contribution is -1.93. The van der Waals surface area contributed by atoms with Crippen LogP contribution in [0.2, 0.25) is 0 Å². The number of hydrogen-bond donors (Lipinski definition) is 1. The molecule has 4 nitrogen and oxygen atoms in total. The second-order valence-corrected chi connectivity index (χ2v) is 4.15. The van der Waals surface area contributed by atoms with E-state index in [-0.39, 0.29) is 5.82 Å². The molecule has 3 aromatic rings. The number of fused-ring (bicyclic) bond motifs is 1. The predicted molar refractivity (Wildman–Crippen MR) is 77.2 cm³/mol. The lowest BCUT2D eigenvalue weighted by molar-refractivity contribution is 0.631. The summed E-state index contributed by atoms with van der Waals surface area (Å²) >= 11 is 0. The number of rotatable bonds is 3. The van der Waals surface area contributed by atoms with Gasteiger partial charge >= 0.3 is 0 Å². The molecule has 0 fully saturated rings. The highest BCUT2D eigenvalue weighted by Gasteiger charge is 1.98. The van der Waals surface area contributed by atoms with Gasteiger partial charge in [-0.15, -0.1) is 0 Å². The molecule has 2 aromatic carbocycles. The predicted octanol–water partition coefficient (Wildman–Crippen LogP) is 3.21. The Labute approximate surface area is 115 Å².